The van der Waals surface area contributed by atoms with Gasteiger partial charge in [-0.3, -0.25) is 0 Å². The summed E-state index contributed by atoms with van der Waals surface area (Å²) in [6, 6.07) is 57.0. The second kappa shape index (κ2) is 11.9. The number of hydrogen-bond acceptors (Lipinski definition) is 0. The first-order valence-electron chi connectivity index (χ1n) is 20.1. The van der Waals surface area contributed by atoms with Gasteiger partial charge in [0.25, 0.3) is 0 Å². The summed E-state index contributed by atoms with van der Waals surface area (Å²) in [5, 5.41) is 7.04. The van der Waals surface area contributed by atoms with Crippen molar-refractivity contribution in [1.29, 1.82) is 0 Å². The largest absolute Gasteiger partial charge is 0.309 e. The molecule has 51 heavy (non-hydrogen) atoms. The number of nitrogens with zero attached hydrogens (tertiary/aromatic N) is 2. The number of fused-ring (bicyclic) bond motifs is 7. The highest BCUT2D eigenvalue weighted by Crippen LogP contribution is 2.41. The number of para-hydroxylation sites is 3. The molecule has 0 saturated heterocycles. The molecule has 8 aromatic carbocycles. The van der Waals surface area contributed by atoms with Gasteiger partial charge in [-0.1, -0.05) is 164 Å². The van der Waals surface area contributed by atoms with E-state index in [1.54, 1.807) is 4.57 Å². The molecule has 0 spiro atoms. The van der Waals surface area contributed by atoms with Crippen molar-refractivity contribution in [2.24, 2.45) is 0 Å². The number of benzene rings is 8. The summed E-state index contributed by atoms with van der Waals surface area (Å²) in [6.07, 6.45) is 0. The molecule has 2 aromatic heterocycles. The highest BCUT2D eigenvalue weighted by atomic mass is 28.3. The van der Waals surface area contributed by atoms with E-state index >= 15 is 0 Å². The predicted molar refractivity (Wildman–Crippen MR) is 219 cm³/mol. The summed E-state index contributed by atoms with van der Waals surface area (Å²) in [6.45, 7) is 0. The van der Waals surface area contributed by atoms with E-state index in [-0.39, 0.29) is 41.8 Å². The highest BCUT2D eigenvalue weighted by molar-refractivity contribution is 7.19. The van der Waals surface area contributed by atoms with E-state index in [4.69, 9.17) is 2.74 Å². The zero-order valence-corrected chi connectivity index (χ0v) is 28.6. The fourth-order valence-electron chi connectivity index (χ4n) is 8.12. The fraction of sp³-hybridized carbons (Fsp3) is 0. The van der Waals surface area contributed by atoms with Crippen molar-refractivity contribution < 1.29 is 8.22 Å². The van der Waals surface area contributed by atoms with Crippen LogP contribution in [0, 0.1) is 0 Å². The van der Waals surface area contributed by atoms with Gasteiger partial charge in [-0.15, -0.1) is 0 Å². The maximum Gasteiger partial charge on any atom is 0.179 e. The molecule has 0 atom stereocenters. The molecule has 0 unspecified atom stereocenters. The minimum absolute atomic E-state index is 0.0282. The third-order valence-electron chi connectivity index (χ3n) is 10.2. The Morgan fingerprint density at radius 2 is 0.922 bits per heavy atom. The lowest BCUT2D eigenvalue weighted by molar-refractivity contribution is 1.17. The first-order valence-corrected chi connectivity index (χ1v) is 19.1. The zero-order chi connectivity index (χ0) is 39.0. The van der Waals surface area contributed by atoms with Crippen LogP contribution in [0.1, 0.15) is 8.22 Å². The van der Waals surface area contributed by atoms with Crippen LogP contribution in [0.4, 0.5) is 0 Å². The molecule has 0 amide bonds. The van der Waals surface area contributed by atoms with Crippen LogP contribution in [0.25, 0.3) is 55.0 Å². The van der Waals surface area contributed by atoms with Gasteiger partial charge in [0.1, 0.15) is 0 Å². The minimum atomic E-state index is -2.95. The van der Waals surface area contributed by atoms with E-state index in [1.165, 1.54) is 15.6 Å². The van der Waals surface area contributed by atoms with Crippen molar-refractivity contribution in [2.45, 2.75) is 0 Å². The lowest BCUT2D eigenvalue weighted by Crippen LogP contribution is -2.74. The monoisotopic (exact) mass is 672 g/mol. The van der Waals surface area contributed by atoms with E-state index in [1.807, 2.05) is 54.6 Å². The molecule has 2 nitrogen and oxygen atoms in total. The average molecular weight is 673 g/mol. The van der Waals surface area contributed by atoms with Crippen LogP contribution in [0.5, 0.6) is 0 Å². The zero-order valence-electron chi connectivity index (χ0n) is 33.6. The number of aromatic nitrogens is 2. The van der Waals surface area contributed by atoms with Crippen molar-refractivity contribution in [1.82, 2.24) is 9.13 Å². The van der Waals surface area contributed by atoms with Gasteiger partial charge in [0.15, 0.2) is 8.07 Å². The predicted octanol–water partition coefficient (Wildman–Crippen LogP) is 9.26. The van der Waals surface area contributed by atoms with Crippen LogP contribution in [-0.4, -0.2) is 17.2 Å². The minimum Gasteiger partial charge on any atom is -0.309 e. The lowest BCUT2D eigenvalue weighted by Gasteiger charge is -2.34. The van der Waals surface area contributed by atoms with Crippen LogP contribution < -0.4 is 20.7 Å². The van der Waals surface area contributed by atoms with Gasteiger partial charge >= 0.3 is 0 Å². The maximum atomic E-state index is 9.66. The molecule has 0 aliphatic heterocycles. The van der Waals surface area contributed by atoms with Gasteiger partial charge in [-0.05, 0) is 63.2 Å². The smallest absolute Gasteiger partial charge is 0.179 e. The van der Waals surface area contributed by atoms with Crippen LogP contribution in [0.2, 0.25) is 0 Å². The molecule has 0 aliphatic carbocycles. The molecule has 2 heterocycles. The summed E-state index contributed by atoms with van der Waals surface area (Å²) >= 11 is 0. The Kier molecular flexibility index (Phi) is 5.55. The molecule has 10 rings (SSSR count). The lowest BCUT2D eigenvalue weighted by atomic mass is 10.1. The molecule has 0 radical (unpaired) electrons. The van der Waals surface area contributed by atoms with Crippen molar-refractivity contribution in [3.05, 3.63) is 206 Å². The molecular formula is C48H34N2Si. The van der Waals surface area contributed by atoms with Crippen LogP contribution in [0.3, 0.4) is 0 Å². The van der Waals surface area contributed by atoms with Gasteiger partial charge in [0.05, 0.1) is 30.3 Å². The Bertz CT molecular complexity index is 3090. The Labute approximate surface area is 306 Å². The van der Waals surface area contributed by atoms with Gasteiger partial charge in [-0.25, -0.2) is 0 Å². The van der Waals surface area contributed by atoms with Crippen molar-refractivity contribution in [3.63, 3.8) is 0 Å². The van der Waals surface area contributed by atoms with Crippen molar-refractivity contribution >= 4 is 72.4 Å². The summed E-state index contributed by atoms with van der Waals surface area (Å²) in [7, 11) is -2.95. The summed E-state index contributed by atoms with van der Waals surface area (Å²) < 4.78 is 59.3. The molecule has 3 heteroatoms. The molecular weight excluding hydrogens is 633 g/mol. The highest BCUT2D eigenvalue weighted by Gasteiger charge is 2.41. The van der Waals surface area contributed by atoms with E-state index in [0.29, 0.717) is 32.9 Å². The molecule has 0 bridgehead atoms. The summed E-state index contributed by atoms with van der Waals surface area (Å²) in [4.78, 5) is 0. The number of rotatable bonds is 6. The molecule has 0 saturated carbocycles. The Balaban J connectivity index is 1.41. The van der Waals surface area contributed by atoms with Crippen molar-refractivity contribution in [2.75, 3.05) is 0 Å². The molecule has 240 valence electrons. The van der Waals surface area contributed by atoms with Crippen LogP contribution >= 0.6 is 0 Å². The Morgan fingerprint density at radius 1 is 0.373 bits per heavy atom. The SMILES string of the molecule is [2H]c1c([2H])c([2H])c2c(c1[2H])c1c(c([2H])c([2H])c3c4ccccc4n(-c4cccc([Si](c5ccccc5)(c5ccccc5)c5ccccc5)c4)c31)n2-c1ccccc1. The van der Waals surface area contributed by atoms with E-state index in [0.717, 1.165) is 21.8 Å². The second-order valence-corrected chi connectivity index (χ2v) is 16.7. The van der Waals surface area contributed by atoms with E-state index < -0.39 is 8.07 Å². The van der Waals surface area contributed by atoms with Gasteiger partial charge in [-0.2, -0.15) is 0 Å². The normalized spacial score (nSPS) is 13.6. The second-order valence-electron chi connectivity index (χ2n) is 12.8. The molecule has 0 fully saturated rings. The maximum absolute atomic E-state index is 9.66. The van der Waals surface area contributed by atoms with Crippen LogP contribution in [-0.2, 0) is 0 Å². The summed E-state index contributed by atoms with van der Waals surface area (Å²) in [5.74, 6) is 0. The third-order valence-corrected chi connectivity index (χ3v) is 15.0. The van der Waals surface area contributed by atoms with E-state index in [9.17, 15) is 5.48 Å². The van der Waals surface area contributed by atoms with Crippen molar-refractivity contribution in [3.8, 4) is 11.4 Å². The van der Waals surface area contributed by atoms with Gasteiger partial charge < -0.3 is 9.13 Å². The Hall–Kier alpha value is -6.42. The van der Waals surface area contributed by atoms with Crippen LogP contribution in [0.15, 0.2) is 206 Å². The quantitative estimate of drug-likeness (QED) is 0.123. The first kappa shape index (κ1) is 23.8. The molecule has 0 N–H and O–H groups in total. The topological polar surface area (TPSA) is 9.86 Å². The van der Waals surface area contributed by atoms with Gasteiger partial charge in [0.2, 0.25) is 0 Å². The first-order chi connectivity index (χ1) is 27.8. The average Bonchev–Trinajstić information content (AvgIpc) is 3.81. The Morgan fingerprint density at radius 3 is 1.59 bits per heavy atom. The fourth-order valence-corrected chi connectivity index (χ4v) is 12.9. The summed E-state index contributed by atoms with van der Waals surface area (Å²) in [5.41, 5.74) is 3.58. The van der Waals surface area contributed by atoms with E-state index in [2.05, 4.69) is 120 Å². The third kappa shape index (κ3) is 4.42. The standard InChI is InChI=1S/C48H34N2Si/c1-5-18-35(19-6-1)49-45-31-16-14-29-43(45)47-46(49)33-32-42-41-28-13-15-30-44(41)50(48(42)47)36-20-17-27-40(34-36)51(37-21-7-2-8-22-37,38-23-9-3-10-24-38)39-25-11-4-12-26-39/h1-34H/i14D,16D,29D,31D,32D,33D. The van der Waals surface area contributed by atoms with Gasteiger partial charge in [0, 0.05) is 32.9 Å². The number of hydrogen-bond donors (Lipinski definition) is 0. The molecule has 0 aliphatic rings. The molecule has 10 aromatic rings.